The number of carbonyl (C=O) groups is 1. The third kappa shape index (κ3) is 2.57. The summed E-state index contributed by atoms with van der Waals surface area (Å²) in [5.74, 6) is -0.684. The van der Waals surface area contributed by atoms with E-state index in [0.717, 1.165) is 25.2 Å². The van der Waals surface area contributed by atoms with E-state index in [1.54, 1.807) is 4.90 Å². The molecule has 6 heteroatoms. The zero-order valence-electron chi connectivity index (χ0n) is 10.2. The minimum absolute atomic E-state index is 0.290. The normalized spacial score (nSPS) is 24.0. The van der Waals surface area contributed by atoms with Crippen molar-refractivity contribution >= 4 is 11.9 Å². The van der Waals surface area contributed by atoms with Crippen molar-refractivity contribution < 1.29 is 14.3 Å². The van der Waals surface area contributed by atoms with E-state index in [1.165, 1.54) is 0 Å². The average Bonchev–Trinajstić information content (AvgIpc) is 2.39. The fourth-order valence-electron chi connectivity index (χ4n) is 2.34. The molecule has 1 aromatic rings. The molecule has 1 saturated heterocycles. The predicted molar refractivity (Wildman–Crippen MR) is 63.8 cm³/mol. The van der Waals surface area contributed by atoms with Gasteiger partial charge in [0.25, 0.3) is 0 Å². The minimum atomic E-state index is -0.874. The lowest BCUT2D eigenvalue weighted by molar-refractivity contribution is -0.139. The molecule has 98 valence electrons. The van der Waals surface area contributed by atoms with Gasteiger partial charge in [-0.1, -0.05) is 13.3 Å². The molecule has 18 heavy (non-hydrogen) atoms. The lowest BCUT2D eigenvalue weighted by Gasteiger charge is -2.36. The molecule has 1 N–H and O–H groups in total. The van der Waals surface area contributed by atoms with Crippen LogP contribution >= 0.6 is 0 Å². The molecule has 0 saturated carbocycles. The molecular weight excluding hydrogens is 237 g/mol. The topological polar surface area (TPSA) is 66.3 Å². The summed E-state index contributed by atoms with van der Waals surface area (Å²) in [5.41, 5.74) is 0. The van der Waals surface area contributed by atoms with E-state index in [4.69, 9.17) is 0 Å². The van der Waals surface area contributed by atoms with E-state index < -0.39 is 17.8 Å². The number of carboxylic acids is 1. The van der Waals surface area contributed by atoms with Crippen molar-refractivity contribution in [2.24, 2.45) is 5.92 Å². The molecule has 1 aliphatic rings. The Kier molecular flexibility index (Phi) is 3.74. The van der Waals surface area contributed by atoms with Crippen molar-refractivity contribution in [2.45, 2.75) is 32.2 Å². The smallest absolute Gasteiger partial charge is 0.326 e. The molecule has 2 heterocycles. The van der Waals surface area contributed by atoms with Crippen molar-refractivity contribution in [1.29, 1.82) is 0 Å². The molecule has 1 aromatic heterocycles. The van der Waals surface area contributed by atoms with E-state index in [1.807, 2.05) is 0 Å². The Labute approximate surface area is 105 Å². The van der Waals surface area contributed by atoms with Crippen molar-refractivity contribution in [1.82, 2.24) is 9.97 Å². The Morgan fingerprint density at radius 2 is 2.22 bits per heavy atom. The molecule has 2 atom stereocenters. The van der Waals surface area contributed by atoms with Gasteiger partial charge in [0.05, 0.1) is 12.4 Å². The van der Waals surface area contributed by atoms with Crippen molar-refractivity contribution in [2.75, 3.05) is 11.4 Å². The SMILES string of the molecule is CCC1CCN(c2ncc(F)cn2)C(C(=O)O)C1. The molecular formula is C12H16FN3O2. The van der Waals surface area contributed by atoms with Gasteiger partial charge in [0.1, 0.15) is 6.04 Å². The molecule has 5 nitrogen and oxygen atoms in total. The standard InChI is InChI=1S/C12H16FN3O2/c1-2-8-3-4-16(10(5-8)11(17)18)12-14-6-9(13)7-15-12/h6-8,10H,2-5H2,1H3,(H,17,18). The highest BCUT2D eigenvalue weighted by Gasteiger charge is 2.34. The number of hydrogen-bond donors (Lipinski definition) is 1. The number of piperidine rings is 1. The Balaban J connectivity index is 2.20. The maximum absolute atomic E-state index is 12.8. The molecule has 0 radical (unpaired) electrons. The molecule has 2 rings (SSSR count). The average molecular weight is 253 g/mol. The van der Waals surface area contributed by atoms with Gasteiger partial charge in [-0.15, -0.1) is 0 Å². The van der Waals surface area contributed by atoms with Gasteiger partial charge in [-0.3, -0.25) is 0 Å². The highest BCUT2D eigenvalue weighted by molar-refractivity contribution is 5.77. The summed E-state index contributed by atoms with van der Waals surface area (Å²) in [6.07, 6.45) is 4.61. The Hall–Kier alpha value is -1.72. The van der Waals surface area contributed by atoms with E-state index in [9.17, 15) is 14.3 Å². The third-order valence-electron chi connectivity index (χ3n) is 3.44. The first-order valence-electron chi connectivity index (χ1n) is 6.08. The van der Waals surface area contributed by atoms with Crippen LogP contribution in [-0.4, -0.2) is 33.6 Å². The zero-order chi connectivity index (χ0) is 13.1. The Morgan fingerprint density at radius 1 is 1.56 bits per heavy atom. The van der Waals surface area contributed by atoms with Crippen LogP contribution in [0.2, 0.25) is 0 Å². The second-order valence-corrected chi connectivity index (χ2v) is 4.55. The van der Waals surface area contributed by atoms with Crippen LogP contribution in [0.15, 0.2) is 12.4 Å². The highest BCUT2D eigenvalue weighted by atomic mass is 19.1. The fraction of sp³-hybridized carbons (Fsp3) is 0.583. The van der Waals surface area contributed by atoms with Crippen LogP contribution in [0.4, 0.5) is 10.3 Å². The van der Waals surface area contributed by atoms with Gasteiger partial charge in [0.15, 0.2) is 5.82 Å². The summed E-state index contributed by atoms with van der Waals surface area (Å²) in [6.45, 7) is 2.66. The number of nitrogens with zero attached hydrogens (tertiary/aromatic N) is 3. The number of aliphatic carboxylic acids is 1. The summed E-state index contributed by atoms with van der Waals surface area (Å²) in [7, 11) is 0. The second-order valence-electron chi connectivity index (χ2n) is 4.55. The number of anilines is 1. The van der Waals surface area contributed by atoms with Crippen molar-refractivity contribution in [3.8, 4) is 0 Å². The number of hydrogen-bond acceptors (Lipinski definition) is 4. The summed E-state index contributed by atoms with van der Waals surface area (Å²) in [5, 5.41) is 9.27. The largest absolute Gasteiger partial charge is 0.480 e. The van der Waals surface area contributed by atoms with Crippen LogP contribution in [0.25, 0.3) is 0 Å². The summed E-state index contributed by atoms with van der Waals surface area (Å²) in [6, 6.07) is -0.617. The summed E-state index contributed by atoms with van der Waals surface area (Å²) in [4.78, 5) is 20.7. The first-order valence-corrected chi connectivity index (χ1v) is 6.08. The van der Waals surface area contributed by atoms with Crippen LogP contribution < -0.4 is 4.90 Å². The second kappa shape index (κ2) is 5.29. The molecule has 0 aromatic carbocycles. The van der Waals surface area contributed by atoms with Gasteiger partial charge in [-0.25, -0.2) is 19.2 Å². The first kappa shape index (κ1) is 12.7. The van der Waals surface area contributed by atoms with Crippen LogP contribution in [0.1, 0.15) is 26.2 Å². The van der Waals surface area contributed by atoms with Gasteiger partial charge < -0.3 is 10.0 Å². The molecule has 1 aliphatic heterocycles. The van der Waals surface area contributed by atoms with Crippen LogP contribution in [0, 0.1) is 11.7 Å². The van der Waals surface area contributed by atoms with E-state index >= 15 is 0 Å². The molecule has 0 aliphatic carbocycles. The van der Waals surface area contributed by atoms with Crippen LogP contribution in [0.5, 0.6) is 0 Å². The van der Waals surface area contributed by atoms with E-state index in [-0.39, 0.29) is 0 Å². The maximum atomic E-state index is 12.8. The molecule has 0 bridgehead atoms. The van der Waals surface area contributed by atoms with Gasteiger partial charge in [0.2, 0.25) is 5.95 Å². The number of aromatic nitrogens is 2. The van der Waals surface area contributed by atoms with Gasteiger partial charge >= 0.3 is 5.97 Å². The molecule has 0 spiro atoms. The monoisotopic (exact) mass is 253 g/mol. The minimum Gasteiger partial charge on any atom is -0.480 e. The first-order chi connectivity index (χ1) is 8.61. The molecule has 1 fully saturated rings. The maximum Gasteiger partial charge on any atom is 0.326 e. The number of rotatable bonds is 3. The zero-order valence-corrected chi connectivity index (χ0v) is 10.2. The van der Waals surface area contributed by atoms with Crippen LogP contribution in [-0.2, 0) is 4.79 Å². The van der Waals surface area contributed by atoms with Crippen molar-refractivity contribution in [3.05, 3.63) is 18.2 Å². The Morgan fingerprint density at radius 3 is 2.78 bits per heavy atom. The lowest BCUT2D eigenvalue weighted by Crippen LogP contribution is -2.48. The number of carboxylic acid groups (broad SMARTS) is 1. The summed E-state index contributed by atoms with van der Waals surface area (Å²) >= 11 is 0. The van der Waals surface area contributed by atoms with Crippen LogP contribution in [0.3, 0.4) is 0 Å². The van der Waals surface area contributed by atoms with Gasteiger partial charge in [0, 0.05) is 6.54 Å². The molecule has 2 unspecified atom stereocenters. The predicted octanol–water partition coefficient (Wildman–Crippen LogP) is 1.70. The molecule has 0 amide bonds. The van der Waals surface area contributed by atoms with Gasteiger partial charge in [-0.2, -0.15) is 0 Å². The third-order valence-corrected chi connectivity index (χ3v) is 3.44. The highest BCUT2D eigenvalue weighted by Crippen LogP contribution is 2.27. The fourth-order valence-corrected chi connectivity index (χ4v) is 2.34. The quantitative estimate of drug-likeness (QED) is 0.888. The van der Waals surface area contributed by atoms with E-state index in [2.05, 4.69) is 16.9 Å². The van der Waals surface area contributed by atoms with Crippen molar-refractivity contribution in [3.63, 3.8) is 0 Å². The van der Waals surface area contributed by atoms with E-state index in [0.29, 0.717) is 24.8 Å². The lowest BCUT2D eigenvalue weighted by atomic mass is 9.89. The van der Waals surface area contributed by atoms with Gasteiger partial charge in [-0.05, 0) is 18.8 Å². The number of halogens is 1. The summed E-state index contributed by atoms with van der Waals surface area (Å²) < 4.78 is 12.8. The Bertz CT molecular complexity index is 424.